The molecule has 164 valence electrons. The first-order valence-electron chi connectivity index (χ1n) is 10.4. The Morgan fingerprint density at radius 2 is 1.81 bits per heavy atom. The van der Waals surface area contributed by atoms with Crippen LogP contribution in [0.3, 0.4) is 0 Å². The van der Waals surface area contributed by atoms with Crippen LogP contribution in [0.15, 0.2) is 60.7 Å². The number of benzene rings is 2. The van der Waals surface area contributed by atoms with Crippen LogP contribution in [-0.4, -0.2) is 53.2 Å². The molecule has 0 aliphatic carbocycles. The standard InChI is InChI=1S/C24H23FN4O3/c1-32-22-10-9-21(27-28-22)16-5-4-6-17(15-16)24(31)29-13-11-18(12-14-29)26-23(30)19-7-2-3-8-20(19)25/h2-10,15,18H,11-14H2,1H3,(H,26,30). The second-order valence-electron chi connectivity index (χ2n) is 7.56. The molecule has 0 unspecified atom stereocenters. The van der Waals surface area contributed by atoms with Gasteiger partial charge in [-0.25, -0.2) is 4.39 Å². The second-order valence-corrected chi connectivity index (χ2v) is 7.56. The van der Waals surface area contributed by atoms with Crippen molar-refractivity contribution in [3.63, 3.8) is 0 Å². The molecule has 2 amide bonds. The number of carbonyl (C=O) groups is 2. The number of hydrogen-bond donors (Lipinski definition) is 1. The monoisotopic (exact) mass is 434 g/mol. The Balaban J connectivity index is 1.37. The molecule has 0 spiro atoms. The highest BCUT2D eigenvalue weighted by Crippen LogP contribution is 2.21. The number of methoxy groups -OCH3 is 1. The highest BCUT2D eigenvalue weighted by Gasteiger charge is 2.25. The van der Waals surface area contributed by atoms with Gasteiger partial charge in [-0.15, -0.1) is 10.2 Å². The molecule has 1 fully saturated rings. The van der Waals surface area contributed by atoms with Crippen LogP contribution in [0.5, 0.6) is 5.88 Å². The topological polar surface area (TPSA) is 84.4 Å². The Hall–Kier alpha value is -3.81. The van der Waals surface area contributed by atoms with Gasteiger partial charge in [-0.05, 0) is 43.2 Å². The fourth-order valence-corrected chi connectivity index (χ4v) is 3.71. The molecule has 1 aliphatic heterocycles. The maximum absolute atomic E-state index is 13.8. The molecule has 0 bridgehead atoms. The number of amides is 2. The van der Waals surface area contributed by atoms with Gasteiger partial charge in [0.05, 0.1) is 18.4 Å². The third-order valence-corrected chi connectivity index (χ3v) is 5.49. The van der Waals surface area contributed by atoms with Crippen molar-refractivity contribution in [1.82, 2.24) is 20.4 Å². The third kappa shape index (κ3) is 4.74. The number of carbonyl (C=O) groups excluding carboxylic acids is 2. The van der Waals surface area contributed by atoms with Crippen molar-refractivity contribution in [3.8, 4) is 17.1 Å². The first-order valence-corrected chi connectivity index (χ1v) is 10.4. The van der Waals surface area contributed by atoms with Gasteiger partial charge in [0.15, 0.2) is 0 Å². The lowest BCUT2D eigenvalue weighted by Crippen LogP contribution is -2.46. The van der Waals surface area contributed by atoms with Crippen molar-refractivity contribution in [1.29, 1.82) is 0 Å². The molecule has 4 rings (SSSR count). The average molecular weight is 434 g/mol. The second kappa shape index (κ2) is 9.55. The van der Waals surface area contributed by atoms with Crippen LogP contribution in [0.25, 0.3) is 11.3 Å². The van der Waals surface area contributed by atoms with E-state index in [9.17, 15) is 14.0 Å². The van der Waals surface area contributed by atoms with Crippen LogP contribution in [0, 0.1) is 5.82 Å². The number of aromatic nitrogens is 2. The van der Waals surface area contributed by atoms with Gasteiger partial charge in [0, 0.05) is 36.3 Å². The minimum Gasteiger partial charge on any atom is -0.480 e. The molecule has 1 saturated heterocycles. The quantitative estimate of drug-likeness (QED) is 0.666. The molecule has 2 aromatic carbocycles. The van der Waals surface area contributed by atoms with Gasteiger partial charge in [0.25, 0.3) is 11.8 Å². The number of nitrogens with zero attached hydrogens (tertiary/aromatic N) is 3. The molecule has 7 nitrogen and oxygen atoms in total. The van der Waals surface area contributed by atoms with E-state index in [0.29, 0.717) is 43.1 Å². The molecule has 32 heavy (non-hydrogen) atoms. The van der Waals surface area contributed by atoms with E-state index in [2.05, 4.69) is 15.5 Å². The lowest BCUT2D eigenvalue weighted by Gasteiger charge is -2.32. The van der Waals surface area contributed by atoms with Crippen molar-refractivity contribution in [2.75, 3.05) is 20.2 Å². The van der Waals surface area contributed by atoms with Gasteiger partial charge in [-0.2, -0.15) is 0 Å². The highest BCUT2D eigenvalue weighted by atomic mass is 19.1. The molecule has 0 radical (unpaired) electrons. The predicted octanol–water partition coefficient (Wildman–Crippen LogP) is 3.33. The average Bonchev–Trinajstić information content (AvgIpc) is 2.84. The van der Waals surface area contributed by atoms with Gasteiger partial charge >= 0.3 is 0 Å². The van der Waals surface area contributed by atoms with E-state index in [-0.39, 0.29) is 17.5 Å². The maximum Gasteiger partial charge on any atom is 0.254 e. The van der Waals surface area contributed by atoms with Crippen LogP contribution in [0.1, 0.15) is 33.6 Å². The van der Waals surface area contributed by atoms with Crippen molar-refractivity contribution in [2.24, 2.45) is 0 Å². The van der Waals surface area contributed by atoms with Gasteiger partial charge in [0.2, 0.25) is 5.88 Å². The minimum absolute atomic E-state index is 0.0319. The van der Waals surface area contributed by atoms with Gasteiger partial charge in [-0.3, -0.25) is 9.59 Å². The van der Waals surface area contributed by atoms with Crippen molar-refractivity contribution >= 4 is 11.8 Å². The van der Waals surface area contributed by atoms with E-state index in [1.54, 1.807) is 41.3 Å². The number of rotatable bonds is 5. The fraction of sp³-hybridized carbons (Fsp3) is 0.250. The largest absolute Gasteiger partial charge is 0.480 e. The normalized spacial score (nSPS) is 14.1. The number of piperidine rings is 1. The SMILES string of the molecule is COc1ccc(-c2cccc(C(=O)N3CCC(NC(=O)c4ccccc4F)CC3)c2)nn1. The Labute approximate surface area is 185 Å². The molecule has 3 aromatic rings. The Morgan fingerprint density at radius 3 is 2.50 bits per heavy atom. The van der Waals surface area contributed by atoms with E-state index in [1.807, 2.05) is 12.1 Å². The summed E-state index contributed by atoms with van der Waals surface area (Å²) in [4.78, 5) is 27.1. The number of hydrogen-bond acceptors (Lipinski definition) is 5. The van der Waals surface area contributed by atoms with Crippen LogP contribution < -0.4 is 10.1 Å². The summed E-state index contributed by atoms with van der Waals surface area (Å²) in [7, 11) is 1.53. The summed E-state index contributed by atoms with van der Waals surface area (Å²) in [6.45, 7) is 1.02. The zero-order valence-corrected chi connectivity index (χ0v) is 17.6. The summed E-state index contributed by atoms with van der Waals surface area (Å²) in [6.07, 6.45) is 1.21. The number of likely N-dealkylation sites (tertiary alicyclic amines) is 1. The van der Waals surface area contributed by atoms with Crippen molar-refractivity contribution < 1.29 is 18.7 Å². The number of ether oxygens (including phenoxy) is 1. The molecular formula is C24H23FN4O3. The summed E-state index contributed by atoms with van der Waals surface area (Å²) in [6, 6.07) is 16.6. The number of halogens is 1. The van der Waals surface area contributed by atoms with Gasteiger partial charge in [0.1, 0.15) is 5.82 Å². The van der Waals surface area contributed by atoms with Crippen LogP contribution >= 0.6 is 0 Å². The van der Waals surface area contributed by atoms with Crippen LogP contribution in [0.2, 0.25) is 0 Å². The van der Waals surface area contributed by atoms with E-state index in [0.717, 1.165) is 5.56 Å². The fourth-order valence-electron chi connectivity index (χ4n) is 3.71. The lowest BCUT2D eigenvalue weighted by atomic mass is 10.0. The predicted molar refractivity (Wildman–Crippen MR) is 117 cm³/mol. The number of nitrogens with one attached hydrogen (secondary N) is 1. The zero-order chi connectivity index (χ0) is 22.5. The first kappa shape index (κ1) is 21.4. The molecule has 1 N–H and O–H groups in total. The molecule has 2 heterocycles. The van der Waals surface area contributed by atoms with Crippen LogP contribution in [0.4, 0.5) is 4.39 Å². The molecule has 0 saturated carbocycles. The Bertz CT molecular complexity index is 1110. The summed E-state index contributed by atoms with van der Waals surface area (Å²) >= 11 is 0. The van der Waals surface area contributed by atoms with E-state index in [1.165, 1.54) is 19.2 Å². The lowest BCUT2D eigenvalue weighted by molar-refractivity contribution is 0.0698. The van der Waals surface area contributed by atoms with Crippen molar-refractivity contribution in [2.45, 2.75) is 18.9 Å². The van der Waals surface area contributed by atoms with Crippen molar-refractivity contribution in [3.05, 3.63) is 77.6 Å². The van der Waals surface area contributed by atoms with E-state index >= 15 is 0 Å². The highest BCUT2D eigenvalue weighted by molar-refractivity contribution is 5.96. The summed E-state index contributed by atoms with van der Waals surface area (Å²) in [5, 5.41) is 11.0. The Kier molecular flexibility index (Phi) is 6.39. The summed E-state index contributed by atoms with van der Waals surface area (Å²) in [5.41, 5.74) is 2.03. The zero-order valence-electron chi connectivity index (χ0n) is 17.6. The molecular weight excluding hydrogens is 411 g/mol. The van der Waals surface area contributed by atoms with Crippen LogP contribution in [-0.2, 0) is 0 Å². The molecule has 0 atom stereocenters. The Morgan fingerprint density at radius 1 is 1.03 bits per heavy atom. The molecule has 8 heteroatoms. The molecule has 1 aliphatic rings. The first-order chi connectivity index (χ1) is 15.5. The minimum atomic E-state index is -0.543. The van der Waals surface area contributed by atoms with E-state index in [4.69, 9.17) is 4.74 Å². The molecule has 1 aromatic heterocycles. The smallest absolute Gasteiger partial charge is 0.254 e. The maximum atomic E-state index is 13.8. The van der Waals surface area contributed by atoms with E-state index < -0.39 is 11.7 Å². The summed E-state index contributed by atoms with van der Waals surface area (Å²) < 4.78 is 18.8. The summed E-state index contributed by atoms with van der Waals surface area (Å²) in [5.74, 6) is -0.627. The third-order valence-electron chi connectivity index (χ3n) is 5.49. The van der Waals surface area contributed by atoms with Gasteiger partial charge < -0.3 is 15.0 Å². The van der Waals surface area contributed by atoms with Gasteiger partial charge in [-0.1, -0.05) is 24.3 Å².